The van der Waals surface area contributed by atoms with E-state index < -0.39 is 5.97 Å². The zero-order chi connectivity index (χ0) is 12.7. The number of hydrogen-bond donors (Lipinski definition) is 1. The summed E-state index contributed by atoms with van der Waals surface area (Å²) in [6.07, 6.45) is 0.774. The smallest absolute Gasteiger partial charge is 0.307 e. The van der Waals surface area contributed by atoms with Crippen molar-refractivity contribution in [3.8, 4) is 0 Å². The molecule has 0 aromatic heterocycles. The number of fused-ring (bicyclic) bond motifs is 1. The van der Waals surface area contributed by atoms with Crippen LogP contribution in [0.25, 0.3) is 0 Å². The van der Waals surface area contributed by atoms with Gasteiger partial charge in [-0.15, -0.1) is 0 Å². The second-order valence-corrected chi connectivity index (χ2v) is 4.87. The summed E-state index contributed by atoms with van der Waals surface area (Å²) in [6, 6.07) is 1.97. The Kier molecular flexibility index (Phi) is 2.77. The number of aryl methyl sites for hydroxylation is 1. The highest BCUT2D eigenvalue weighted by molar-refractivity contribution is 6.03. The highest BCUT2D eigenvalue weighted by Gasteiger charge is 2.30. The third-order valence-corrected chi connectivity index (χ3v) is 3.56. The molecule has 0 saturated heterocycles. The highest BCUT2D eigenvalue weighted by atomic mass is 16.4. The van der Waals surface area contributed by atoms with Crippen LogP contribution in [0.1, 0.15) is 39.5 Å². The number of carbonyl (C=O) groups is 2. The Morgan fingerprint density at radius 2 is 2.12 bits per heavy atom. The predicted octanol–water partition coefficient (Wildman–Crippen LogP) is 2.31. The predicted molar refractivity (Wildman–Crippen MR) is 64.5 cm³/mol. The Morgan fingerprint density at radius 3 is 2.71 bits per heavy atom. The molecule has 0 aliphatic heterocycles. The van der Waals surface area contributed by atoms with Gasteiger partial charge in [0.25, 0.3) is 0 Å². The minimum Gasteiger partial charge on any atom is -0.481 e. The number of carboxylic acids is 1. The minimum atomic E-state index is -0.852. The first-order chi connectivity index (χ1) is 7.91. The van der Waals surface area contributed by atoms with Gasteiger partial charge in [-0.3, -0.25) is 9.59 Å². The van der Waals surface area contributed by atoms with Crippen LogP contribution < -0.4 is 0 Å². The monoisotopic (exact) mass is 232 g/mol. The van der Waals surface area contributed by atoms with Crippen LogP contribution in [0.2, 0.25) is 0 Å². The van der Waals surface area contributed by atoms with Crippen molar-refractivity contribution in [1.82, 2.24) is 0 Å². The molecular formula is C14H16O3. The average Bonchev–Trinajstić information content (AvgIpc) is 2.49. The maximum absolute atomic E-state index is 12.0. The summed E-state index contributed by atoms with van der Waals surface area (Å²) in [6.45, 7) is 5.70. The Balaban J connectivity index is 2.59. The first kappa shape index (κ1) is 11.8. The molecule has 0 bridgehead atoms. The van der Waals surface area contributed by atoms with E-state index in [4.69, 9.17) is 5.11 Å². The van der Waals surface area contributed by atoms with Crippen molar-refractivity contribution >= 4 is 11.8 Å². The molecular weight excluding hydrogens is 216 g/mol. The van der Waals surface area contributed by atoms with Gasteiger partial charge in [0.15, 0.2) is 5.78 Å². The number of ketones is 1. The molecule has 90 valence electrons. The highest BCUT2D eigenvalue weighted by Crippen LogP contribution is 2.32. The topological polar surface area (TPSA) is 54.4 Å². The Hall–Kier alpha value is -1.64. The largest absolute Gasteiger partial charge is 0.481 e. The van der Waals surface area contributed by atoms with Crippen LogP contribution in [0.15, 0.2) is 6.07 Å². The van der Waals surface area contributed by atoms with Gasteiger partial charge in [0, 0.05) is 11.5 Å². The first-order valence-electron chi connectivity index (χ1n) is 5.79. The summed E-state index contributed by atoms with van der Waals surface area (Å²) in [5.41, 5.74) is 4.46. The zero-order valence-electron chi connectivity index (χ0n) is 10.3. The Labute approximate surface area is 100 Å². The molecule has 0 radical (unpaired) electrons. The van der Waals surface area contributed by atoms with Crippen molar-refractivity contribution in [3.05, 3.63) is 33.9 Å². The van der Waals surface area contributed by atoms with Gasteiger partial charge in [0.2, 0.25) is 0 Å². The van der Waals surface area contributed by atoms with Crippen LogP contribution in [-0.2, 0) is 17.6 Å². The van der Waals surface area contributed by atoms with Crippen molar-refractivity contribution < 1.29 is 14.7 Å². The van der Waals surface area contributed by atoms with Gasteiger partial charge < -0.3 is 5.11 Å². The van der Waals surface area contributed by atoms with Crippen LogP contribution in [-0.4, -0.2) is 16.9 Å². The van der Waals surface area contributed by atoms with Crippen LogP contribution >= 0.6 is 0 Å². The molecule has 1 aliphatic carbocycles. The fraction of sp³-hybridized carbons (Fsp3) is 0.429. The van der Waals surface area contributed by atoms with Crippen molar-refractivity contribution in [2.24, 2.45) is 5.92 Å². The van der Waals surface area contributed by atoms with Crippen LogP contribution in [0.5, 0.6) is 0 Å². The van der Waals surface area contributed by atoms with E-state index in [1.165, 1.54) is 0 Å². The van der Waals surface area contributed by atoms with Crippen LogP contribution in [0.3, 0.4) is 0 Å². The van der Waals surface area contributed by atoms with Gasteiger partial charge >= 0.3 is 5.97 Å². The maximum Gasteiger partial charge on any atom is 0.307 e. The Bertz CT molecular complexity index is 515. The molecule has 0 amide bonds. The number of hydrogen-bond acceptors (Lipinski definition) is 2. The molecule has 0 saturated carbocycles. The molecule has 1 aromatic rings. The van der Waals surface area contributed by atoms with E-state index in [1.807, 2.05) is 26.8 Å². The molecule has 0 spiro atoms. The van der Waals surface area contributed by atoms with Crippen molar-refractivity contribution in [2.45, 2.75) is 33.6 Å². The SMILES string of the molecule is Cc1cc2c(c(C)c1CC(=O)O)C(=O)[C@H](C)C2. The van der Waals surface area contributed by atoms with Gasteiger partial charge in [0.05, 0.1) is 6.42 Å². The van der Waals surface area contributed by atoms with Gasteiger partial charge in [-0.2, -0.15) is 0 Å². The third kappa shape index (κ3) is 1.86. The fourth-order valence-electron chi connectivity index (χ4n) is 2.70. The maximum atomic E-state index is 12.0. The van der Waals surface area contributed by atoms with E-state index in [2.05, 4.69) is 0 Å². The van der Waals surface area contributed by atoms with E-state index in [0.717, 1.165) is 34.2 Å². The fourth-order valence-corrected chi connectivity index (χ4v) is 2.70. The number of rotatable bonds is 2. The van der Waals surface area contributed by atoms with Gasteiger partial charge in [-0.05, 0) is 42.5 Å². The lowest BCUT2D eigenvalue weighted by molar-refractivity contribution is -0.136. The summed E-state index contributed by atoms with van der Waals surface area (Å²) in [5, 5.41) is 8.90. The van der Waals surface area contributed by atoms with E-state index in [0.29, 0.717) is 0 Å². The molecule has 0 fully saturated rings. The lowest BCUT2D eigenvalue weighted by Gasteiger charge is -2.12. The summed E-state index contributed by atoms with van der Waals surface area (Å²) < 4.78 is 0. The number of benzene rings is 1. The standard InChI is InChI=1S/C14H16O3/c1-7-4-10-5-8(2)14(17)13(10)9(3)11(7)6-12(15)16/h4,8H,5-6H2,1-3H3,(H,15,16)/t8-/m1/s1. The van der Waals surface area contributed by atoms with Gasteiger partial charge in [0.1, 0.15) is 0 Å². The van der Waals surface area contributed by atoms with Crippen molar-refractivity contribution in [2.75, 3.05) is 0 Å². The summed E-state index contributed by atoms with van der Waals surface area (Å²) in [4.78, 5) is 22.9. The molecule has 1 atom stereocenters. The second kappa shape index (κ2) is 3.99. The second-order valence-electron chi connectivity index (χ2n) is 4.87. The lowest BCUT2D eigenvalue weighted by Crippen LogP contribution is -2.09. The molecule has 17 heavy (non-hydrogen) atoms. The van der Waals surface area contributed by atoms with E-state index in [-0.39, 0.29) is 18.1 Å². The number of carbonyl (C=O) groups excluding carboxylic acids is 1. The number of aliphatic carboxylic acids is 1. The van der Waals surface area contributed by atoms with E-state index >= 15 is 0 Å². The van der Waals surface area contributed by atoms with Crippen molar-refractivity contribution in [3.63, 3.8) is 0 Å². The average molecular weight is 232 g/mol. The quantitative estimate of drug-likeness (QED) is 0.851. The van der Waals surface area contributed by atoms with E-state index in [1.54, 1.807) is 0 Å². The molecule has 1 aromatic carbocycles. The van der Waals surface area contributed by atoms with Crippen LogP contribution in [0.4, 0.5) is 0 Å². The Morgan fingerprint density at radius 1 is 1.47 bits per heavy atom. The van der Waals surface area contributed by atoms with Gasteiger partial charge in [-0.25, -0.2) is 0 Å². The summed E-state index contributed by atoms with van der Waals surface area (Å²) >= 11 is 0. The van der Waals surface area contributed by atoms with Crippen LogP contribution in [0, 0.1) is 19.8 Å². The number of Topliss-reactive ketones (excluding diaryl/α,β-unsaturated/α-hetero) is 1. The van der Waals surface area contributed by atoms with Crippen molar-refractivity contribution in [1.29, 1.82) is 0 Å². The van der Waals surface area contributed by atoms with E-state index in [9.17, 15) is 9.59 Å². The molecule has 3 nitrogen and oxygen atoms in total. The molecule has 0 heterocycles. The molecule has 2 rings (SSSR count). The lowest BCUT2D eigenvalue weighted by atomic mass is 9.92. The summed E-state index contributed by atoms with van der Waals surface area (Å²) in [5.74, 6) is -0.665. The normalized spacial score (nSPS) is 18.3. The third-order valence-electron chi connectivity index (χ3n) is 3.56. The molecule has 0 unspecified atom stereocenters. The summed E-state index contributed by atoms with van der Waals surface area (Å²) in [7, 11) is 0. The zero-order valence-corrected chi connectivity index (χ0v) is 10.3. The van der Waals surface area contributed by atoms with Gasteiger partial charge in [-0.1, -0.05) is 13.0 Å². The molecule has 1 aliphatic rings. The first-order valence-corrected chi connectivity index (χ1v) is 5.79. The minimum absolute atomic E-state index is 0.00733. The molecule has 3 heteroatoms. The number of carboxylic acid groups (broad SMARTS) is 1. The molecule has 1 N–H and O–H groups in total.